The highest BCUT2D eigenvalue weighted by Gasteiger charge is 2.40. The van der Waals surface area contributed by atoms with Gasteiger partial charge in [-0.1, -0.05) is 12.1 Å². The van der Waals surface area contributed by atoms with Crippen LogP contribution in [0.3, 0.4) is 0 Å². The molecule has 8 nitrogen and oxygen atoms in total. The number of benzene rings is 2. The van der Waals surface area contributed by atoms with Crippen molar-refractivity contribution in [1.29, 1.82) is 0 Å². The third-order valence-corrected chi connectivity index (χ3v) is 7.16. The Morgan fingerprint density at radius 1 is 1.18 bits per heavy atom. The Morgan fingerprint density at radius 2 is 2.00 bits per heavy atom. The fourth-order valence-electron chi connectivity index (χ4n) is 5.57. The monoisotopic (exact) mass is 485 g/mol. The van der Waals surface area contributed by atoms with Gasteiger partial charge in [0.05, 0.1) is 30.7 Å². The first-order chi connectivity index (χ1) is 16.0. The Hall–Kier alpha value is -3.10. The summed E-state index contributed by atoms with van der Waals surface area (Å²) in [6.07, 6.45) is 2.76. The number of nitrogens with zero attached hydrogens (tertiary/aromatic N) is 1. The van der Waals surface area contributed by atoms with E-state index in [-0.39, 0.29) is 29.6 Å². The van der Waals surface area contributed by atoms with Gasteiger partial charge in [0.15, 0.2) is 0 Å². The largest absolute Gasteiger partial charge is 0.496 e. The van der Waals surface area contributed by atoms with E-state index in [1.807, 2.05) is 12.1 Å². The number of nitrogens with one attached hydrogen (secondary N) is 2. The van der Waals surface area contributed by atoms with Crippen molar-refractivity contribution >= 4 is 29.3 Å². The van der Waals surface area contributed by atoms with E-state index in [4.69, 9.17) is 9.47 Å². The van der Waals surface area contributed by atoms with Gasteiger partial charge in [0, 0.05) is 18.5 Å². The molecule has 34 heavy (non-hydrogen) atoms. The minimum absolute atomic E-state index is 0. The fourth-order valence-corrected chi connectivity index (χ4v) is 5.57. The predicted octanol–water partition coefficient (Wildman–Crippen LogP) is 2.61. The number of hydrogen-bond acceptors (Lipinski definition) is 6. The van der Waals surface area contributed by atoms with Crippen LogP contribution in [0.5, 0.6) is 5.75 Å². The Bertz CT molecular complexity index is 1350. The average Bonchev–Trinajstić information content (AvgIpc) is 3.26. The SMILES string of the molecule is COC(=O)c1ccc2c(=O)n(CCC3NC[C@@H]4CCc5c(OC)cccc5[C@H]34)c(=O)[nH]c2c1.Cl. The van der Waals surface area contributed by atoms with Crippen molar-refractivity contribution in [3.05, 3.63) is 73.9 Å². The molecule has 180 valence electrons. The molecule has 1 aliphatic heterocycles. The first-order valence-corrected chi connectivity index (χ1v) is 11.3. The van der Waals surface area contributed by atoms with Crippen molar-refractivity contribution in [2.75, 3.05) is 20.8 Å². The van der Waals surface area contributed by atoms with E-state index >= 15 is 0 Å². The number of fused-ring (bicyclic) bond motifs is 4. The number of H-pyrrole nitrogens is 1. The summed E-state index contributed by atoms with van der Waals surface area (Å²) in [5.41, 5.74) is 2.37. The Kier molecular flexibility index (Phi) is 6.81. The molecule has 2 heterocycles. The second kappa shape index (κ2) is 9.64. The van der Waals surface area contributed by atoms with Gasteiger partial charge < -0.3 is 19.8 Å². The summed E-state index contributed by atoms with van der Waals surface area (Å²) < 4.78 is 11.6. The number of carbonyl (C=O) groups excluding carboxylic acids is 1. The summed E-state index contributed by atoms with van der Waals surface area (Å²) in [5, 5.41) is 4.00. The van der Waals surface area contributed by atoms with Crippen LogP contribution in [0.2, 0.25) is 0 Å². The first-order valence-electron chi connectivity index (χ1n) is 11.3. The molecule has 1 aliphatic carbocycles. The molecular formula is C25H28ClN3O5. The smallest absolute Gasteiger partial charge is 0.337 e. The molecule has 5 rings (SSSR count). The highest BCUT2D eigenvalue weighted by Crippen LogP contribution is 2.45. The van der Waals surface area contributed by atoms with Gasteiger partial charge in [0.25, 0.3) is 5.56 Å². The van der Waals surface area contributed by atoms with Crippen LogP contribution < -0.4 is 21.3 Å². The van der Waals surface area contributed by atoms with E-state index in [1.165, 1.54) is 34.9 Å². The highest BCUT2D eigenvalue weighted by molar-refractivity contribution is 5.93. The van der Waals surface area contributed by atoms with Crippen LogP contribution in [-0.4, -0.2) is 42.3 Å². The highest BCUT2D eigenvalue weighted by atomic mass is 35.5. The van der Waals surface area contributed by atoms with Crippen LogP contribution in [0.15, 0.2) is 46.0 Å². The van der Waals surface area contributed by atoms with Crippen LogP contribution in [0, 0.1) is 5.92 Å². The summed E-state index contributed by atoms with van der Waals surface area (Å²) in [4.78, 5) is 40.3. The normalized spacial score (nSPS) is 20.8. The molecule has 1 aromatic heterocycles. The molecule has 0 spiro atoms. The summed E-state index contributed by atoms with van der Waals surface area (Å²) in [6.45, 7) is 1.24. The Labute approximate surface area is 202 Å². The fraction of sp³-hybridized carbons (Fsp3) is 0.400. The van der Waals surface area contributed by atoms with Crippen LogP contribution in [0.25, 0.3) is 10.9 Å². The zero-order valence-electron chi connectivity index (χ0n) is 19.1. The number of rotatable bonds is 5. The van der Waals surface area contributed by atoms with Crippen molar-refractivity contribution in [1.82, 2.24) is 14.9 Å². The van der Waals surface area contributed by atoms with Crippen molar-refractivity contribution in [3.8, 4) is 5.75 Å². The molecule has 0 saturated carbocycles. The van der Waals surface area contributed by atoms with Crippen LogP contribution in [0.1, 0.15) is 40.2 Å². The second-order valence-electron chi connectivity index (χ2n) is 8.79. The predicted molar refractivity (Wildman–Crippen MR) is 131 cm³/mol. The minimum atomic E-state index is -0.520. The third kappa shape index (κ3) is 4.01. The van der Waals surface area contributed by atoms with Gasteiger partial charge in [-0.2, -0.15) is 0 Å². The zero-order chi connectivity index (χ0) is 23.1. The molecule has 3 aromatic rings. The van der Waals surface area contributed by atoms with E-state index < -0.39 is 11.7 Å². The average molecular weight is 486 g/mol. The molecule has 2 aromatic carbocycles. The topological polar surface area (TPSA) is 102 Å². The number of carbonyl (C=O) groups is 1. The quantitative estimate of drug-likeness (QED) is 0.538. The summed E-state index contributed by atoms with van der Waals surface area (Å²) in [7, 11) is 2.99. The zero-order valence-corrected chi connectivity index (χ0v) is 19.9. The third-order valence-electron chi connectivity index (χ3n) is 7.16. The molecule has 1 unspecified atom stereocenters. The van der Waals surface area contributed by atoms with E-state index in [0.717, 1.165) is 25.1 Å². The summed E-state index contributed by atoms with van der Waals surface area (Å²) in [6, 6.07) is 11.0. The number of hydrogen-bond donors (Lipinski definition) is 2. The minimum Gasteiger partial charge on any atom is -0.496 e. The lowest BCUT2D eigenvalue weighted by atomic mass is 9.73. The molecule has 1 fully saturated rings. The van der Waals surface area contributed by atoms with Crippen molar-refractivity contribution < 1.29 is 14.3 Å². The van der Waals surface area contributed by atoms with Crippen LogP contribution in [0.4, 0.5) is 0 Å². The van der Waals surface area contributed by atoms with Crippen molar-refractivity contribution in [2.24, 2.45) is 5.92 Å². The molecule has 3 atom stereocenters. The standard InChI is InChI=1S/C25H27N3O5.ClH/c1-32-21-5-3-4-17-16(21)8-7-15-13-26-19(22(15)17)10-11-28-23(29)18-9-6-14(24(30)33-2)12-20(18)27-25(28)31;/h3-6,9,12,15,19,22,26H,7-8,10-11,13H2,1-2H3,(H,27,31);1H/t15-,19?,22+;/m0./s1. The van der Waals surface area contributed by atoms with Gasteiger partial charge in [0.2, 0.25) is 0 Å². The molecule has 2 aliphatic rings. The molecule has 1 saturated heterocycles. The molecular weight excluding hydrogens is 458 g/mol. The molecule has 0 bridgehead atoms. The lowest BCUT2D eigenvalue weighted by molar-refractivity contribution is 0.0601. The van der Waals surface area contributed by atoms with E-state index in [9.17, 15) is 14.4 Å². The van der Waals surface area contributed by atoms with Crippen molar-refractivity contribution in [3.63, 3.8) is 0 Å². The van der Waals surface area contributed by atoms with Crippen LogP contribution in [-0.2, 0) is 17.7 Å². The van der Waals surface area contributed by atoms with Gasteiger partial charge in [-0.05, 0) is 67.1 Å². The summed E-state index contributed by atoms with van der Waals surface area (Å²) in [5.74, 6) is 1.29. The van der Waals surface area contributed by atoms with Gasteiger partial charge in [0.1, 0.15) is 5.75 Å². The van der Waals surface area contributed by atoms with E-state index in [2.05, 4.69) is 16.4 Å². The van der Waals surface area contributed by atoms with E-state index in [1.54, 1.807) is 13.2 Å². The number of ether oxygens (including phenoxy) is 2. The van der Waals surface area contributed by atoms with Gasteiger partial charge in [-0.25, -0.2) is 9.59 Å². The summed E-state index contributed by atoms with van der Waals surface area (Å²) >= 11 is 0. The lowest BCUT2D eigenvalue weighted by Gasteiger charge is -2.32. The first kappa shape index (κ1) is 24.0. The van der Waals surface area contributed by atoms with Crippen molar-refractivity contribution in [2.45, 2.75) is 37.8 Å². The number of aromatic amines is 1. The number of esters is 1. The number of halogens is 1. The molecule has 0 radical (unpaired) electrons. The van der Waals surface area contributed by atoms with Gasteiger partial charge in [-0.15, -0.1) is 12.4 Å². The maximum atomic E-state index is 13.1. The Morgan fingerprint density at radius 3 is 2.76 bits per heavy atom. The Balaban J connectivity index is 0.00000274. The second-order valence-corrected chi connectivity index (χ2v) is 8.79. The van der Waals surface area contributed by atoms with Crippen LogP contribution >= 0.6 is 12.4 Å². The van der Waals surface area contributed by atoms with E-state index in [0.29, 0.717) is 35.7 Å². The maximum Gasteiger partial charge on any atom is 0.337 e. The maximum absolute atomic E-state index is 13.1. The van der Waals surface area contributed by atoms with Gasteiger partial charge in [-0.3, -0.25) is 9.36 Å². The molecule has 9 heteroatoms. The lowest BCUT2D eigenvalue weighted by Crippen LogP contribution is -2.38. The molecule has 0 amide bonds. The number of methoxy groups -OCH3 is 2. The molecule has 2 N–H and O–H groups in total. The van der Waals surface area contributed by atoms with Gasteiger partial charge >= 0.3 is 11.7 Å². The number of aromatic nitrogens is 2.